The maximum Gasteiger partial charge on any atom is 0.240 e. The van der Waals surface area contributed by atoms with Gasteiger partial charge in [0.1, 0.15) is 11.9 Å². The predicted octanol–water partition coefficient (Wildman–Crippen LogP) is 2.54. The molecule has 3 atom stereocenters. The molecule has 0 aromatic heterocycles. The molecule has 118 valence electrons. The molecule has 1 aromatic rings. The molecule has 5 heteroatoms. The molecule has 0 saturated carbocycles. The van der Waals surface area contributed by atoms with Crippen molar-refractivity contribution in [1.82, 2.24) is 5.32 Å². The number of nitrogens with one attached hydrogen (secondary N) is 1. The van der Waals surface area contributed by atoms with Crippen molar-refractivity contribution in [3.63, 3.8) is 0 Å². The van der Waals surface area contributed by atoms with Crippen LogP contribution in [-0.2, 0) is 9.53 Å². The molecule has 1 aromatic carbocycles. The maximum atomic E-state index is 13.9. The van der Waals surface area contributed by atoms with E-state index in [1.807, 2.05) is 6.92 Å². The Morgan fingerprint density at radius 1 is 1.48 bits per heavy atom. The first-order valence-corrected chi connectivity index (χ1v) is 7.20. The van der Waals surface area contributed by atoms with E-state index in [0.29, 0.717) is 12.0 Å². The summed E-state index contributed by atoms with van der Waals surface area (Å²) < 4.78 is 19.2. The van der Waals surface area contributed by atoms with Crippen molar-refractivity contribution in [2.45, 2.75) is 51.3 Å². The van der Waals surface area contributed by atoms with Crippen LogP contribution in [0, 0.1) is 5.82 Å². The van der Waals surface area contributed by atoms with Crippen LogP contribution in [0.5, 0.6) is 0 Å². The average molecular weight is 296 g/mol. The van der Waals surface area contributed by atoms with E-state index in [-0.39, 0.29) is 17.8 Å². The highest BCUT2D eigenvalue weighted by Crippen LogP contribution is 2.23. The van der Waals surface area contributed by atoms with Crippen molar-refractivity contribution in [2.24, 2.45) is 5.73 Å². The Morgan fingerprint density at radius 2 is 2.10 bits per heavy atom. The van der Waals surface area contributed by atoms with Gasteiger partial charge < -0.3 is 15.8 Å². The molecule has 1 amide bonds. The largest absolute Gasteiger partial charge is 0.375 e. The lowest BCUT2D eigenvalue weighted by molar-refractivity contribution is -0.127. The fourth-order valence-electron chi connectivity index (χ4n) is 2.39. The molecule has 3 unspecified atom stereocenters. The van der Waals surface area contributed by atoms with E-state index < -0.39 is 11.6 Å². The zero-order chi connectivity index (χ0) is 16.0. The Kier molecular flexibility index (Phi) is 6.30. The lowest BCUT2D eigenvalue weighted by Crippen LogP contribution is -2.54. The lowest BCUT2D eigenvalue weighted by Gasteiger charge is -2.29. The SMILES string of the molecule is CCCC(C)(N)C(=O)NC(C)C(OC)c1ccccc1F. The van der Waals surface area contributed by atoms with E-state index in [4.69, 9.17) is 10.5 Å². The van der Waals surface area contributed by atoms with Gasteiger partial charge in [0.05, 0.1) is 11.6 Å². The van der Waals surface area contributed by atoms with Crippen LogP contribution in [0.2, 0.25) is 0 Å². The third-order valence-corrected chi connectivity index (χ3v) is 3.57. The number of rotatable bonds is 7. The van der Waals surface area contributed by atoms with Crippen LogP contribution in [0.25, 0.3) is 0 Å². The van der Waals surface area contributed by atoms with E-state index in [0.717, 1.165) is 6.42 Å². The fraction of sp³-hybridized carbons (Fsp3) is 0.562. The molecule has 0 spiro atoms. The monoisotopic (exact) mass is 296 g/mol. The number of benzene rings is 1. The number of halogens is 1. The van der Waals surface area contributed by atoms with Crippen molar-refractivity contribution < 1.29 is 13.9 Å². The summed E-state index contributed by atoms with van der Waals surface area (Å²) in [6.07, 6.45) is 0.839. The van der Waals surface area contributed by atoms with Gasteiger partial charge in [-0.05, 0) is 26.3 Å². The first-order chi connectivity index (χ1) is 9.83. The maximum absolute atomic E-state index is 13.9. The number of amides is 1. The van der Waals surface area contributed by atoms with Gasteiger partial charge in [0, 0.05) is 12.7 Å². The van der Waals surface area contributed by atoms with E-state index in [1.165, 1.54) is 13.2 Å². The molecule has 0 saturated heterocycles. The summed E-state index contributed by atoms with van der Waals surface area (Å²) in [4.78, 5) is 12.2. The third-order valence-electron chi connectivity index (χ3n) is 3.57. The smallest absolute Gasteiger partial charge is 0.240 e. The predicted molar refractivity (Wildman–Crippen MR) is 81.3 cm³/mol. The number of nitrogens with two attached hydrogens (primary N) is 1. The van der Waals surface area contributed by atoms with Gasteiger partial charge in [0.25, 0.3) is 0 Å². The number of carbonyl (C=O) groups is 1. The molecule has 0 aliphatic rings. The third kappa shape index (κ3) is 4.51. The first kappa shape index (κ1) is 17.6. The topological polar surface area (TPSA) is 64.4 Å². The van der Waals surface area contributed by atoms with E-state index in [9.17, 15) is 9.18 Å². The number of hydrogen-bond donors (Lipinski definition) is 2. The van der Waals surface area contributed by atoms with Gasteiger partial charge in [0.15, 0.2) is 0 Å². The number of carbonyl (C=O) groups excluding carboxylic acids is 1. The average Bonchev–Trinajstić information content (AvgIpc) is 2.41. The van der Waals surface area contributed by atoms with Crippen molar-refractivity contribution in [2.75, 3.05) is 7.11 Å². The van der Waals surface area contributed by atoms with Crippen LogP contribution < -0.4 is 11.1 Å². The molecule has 1 rings (SSSR count). The highest BCUT2D eigenvalue weighted by atomic mass is 19.1. The van der Waals surface area contributed by atoms with Crippen LogP contribution >= 0.6 is 0 Å². The van der Waals surface area contributed by atoms with Crippen molar-refractivity contribution >= 4 is 5.91 Å². The highest BCUT2D eigenvalue weighted by Gasteiger charge is 2.31. The molecule has 0 aliphatic carbocycles. The molecular weight excluding hydrogens is 271 g/mol. The Hall–Kier alpha value is -1.46. The van der Waals surface area contributed by atoms with Crippen molar-refractivity contribution in [1.29, 1.82) is 0 Å². The molecule has 0 aliphatic heterocycles. The zero-order valence-corrected chi connectivity index (χ0v) is 13.2. The summed E-state index contributed by atoms with van der Waals surface area (Å²) in [5.74, 6) is -0.607. The van der Waals surface area contributed by atoms with Gasteiger partial charge in [0.2, 0.25) is 5.91 Å². The molecular formula is C16H25FN2O2. The Bertz CT molecular complexity index is 477. The summed E-state index contributed by atoms with van der Waals surface area (Å²) >= 11 is 0. The van der Waals surface area contributed by atoms with Crippen molar-refractivity contribution in [3.8, 4) is 0 Å². The normalized spacial score (nSPS) is 16.9. The Labute approximate surface area is 125 Å². The summed E-state index contributed by atoms with van der Waals surface area (Å²) in [5.41, 5.74) is 5.49. The van der Waals surface area contributed by atoms with Gasteiger partial charge in [-0.2, -0.15) is 0 Å². The molecule has 3 N–H and O–H groups in total. The highest BCUT2D eigenvalue weighted by molar-refractivity contribution is 5.85. The minimum atomic E-state index is -0.934. The second kappa shape index (κ2) is 7.52. The van der Waals surface area contributed by atoms with Crippen LogP contribution in [0.1, 0.15) is 45.3 Å². The van der Waals surface area contributed by atoms with Gasteiger partial charge in [-0.3, -0.25) is 4.79 Å². The van der Waals surface area contributed by atoms with Gasteiger partial charge in [-0.25, -0.2) is 4.39 Å². The standard InChI is InChI=1S/C16H25FN2O2/c1-5-10-16(3,18)15(20)19-11(2)14(21-4)12-8-6-7-9-13(12)17/h6-9,11,14H,5,10,18H2,1-4H3,(H,19,20). The zero-order valence-electron chi connectivity index (χ0n) is 13.2. The van der Waals surface area contributed by atoms with E-state index in [1.54, 1.807) is 32.0 Å². The number of hydrogen-bond acceptors (Lipinski definition) is 3. The molecule has 0 bridgehead atoms. The fourth-order valence-corrected chi connectivity index (χ4v) is 2.39. The van der Waals surface area contributed by atoms with Crippen LogP contribution in [-0.4, -0.2) is 24.6 Å². The van der Waals surface area contributed by atoms with Crippen LogP contribution in [0.15, 0.2) is 24.3 Å². The summed E-state index contributed by atoms with van der Waals surface area (Å²) in [6, 6.07) is 6.00. The molecule has 0 radical (unpaired) electrons. The van der Waals surface area contributed by atoms with Gasteiger partial charge in [-0.15, -0.1) is 0 Å². The Morgan fingerprint density at radius 3 is 2.62 bits per heavy atom. The number of ether oxygens (including phenoxy) is 1. The minimum absolute atomic E-state index is 0.254. The van der Waals surface area contributed by atoms with E-state index >= 15 is 0 Å². The lowest BCUT2D eigenvalue weighted by atomic mass is 9.95. The second-order valence-electron chi connectivity index (χ2n) is 5.61. The quantitative estimate of drug-likeness (QED) is 0.812. The number of methoxy groups -OCH3 is 1. The van der Waals surface area contributed by atoms with Gasteiger partial charge >= 0.3 is 0 Å². The molecule has 0 heterocycles. The Balaban J connectivity index is 2.84. The summed E-state index contributed by atoms with van der Waals surface area (Å²) in [7, 11) is 1.49. The molecule has 4 nitrogen and oxygen atoms in total. The van der Waals surface area contributed by atoms with Crippen LogP contribution in [0.4, 0.5) is 4.39 Å². The summed E-state index contributed by atoms with van der Waals surface area (Å²) in [5, 5.41) is 2.83. The van der Waals surface area contributed by atoms with E-state index in [2.05, 4.69) is 5.32 Å². The minimum Gasteiger partial charge on any atom is -0.375 e. The van der Waals surface area contributed by atoms with Crippen LogP contribution in [0.3, 0.4) is 0 Å². The van der Waals surface area contributed by atoms with Crippen molar-refractivity contribution in [3.05, 3.63) is 35.6 Å². The van der Waals surface area contributed by atoms with Gasteiger partial charge in [-0.1, -0.05) is 31.5 Å². The summed E-state index contributed by atoms with van der Waals surface area (Å²) in [6.45, 7) is 5.45. The second-order valence-corrected chi connectivity index (χ2v) is 5.61. The molecule has 21 heavy (non-hydrogen) atoms. The first-order valence-electron chi connectivity index (χ1n) is 7.20. The molecule has 0 fully saturated rings.